The van der Waals surface area contributed by atoms with Crippen LogP contribution in [0.4, 0.5) is 10.5 Å². The molecule has 0 radical (unpaired) electrons. The predicted octanol–water partition coefficient (Wildman–Crippen LogP) is 4.96. The molecule has 0 bridgehead atoms. The van der Waals surface area contributed by atoms with Crippen LogP contribution in [-0.4, -0.2) is 170 Å². The average molecular weight is 1160 g/mol. The van der Waals surface area contributed by atoms with E-state index in [1.165, 1.54) is 48.1 Å². The minimum absolute atomic E-state index is 0.0370. The summed E-state index contributed by atoms with van der Waals surface area (Å²) in [6.45, 7) is 12.6. The molecule has 1 saturated heterocycles. The van der Waals surface area contributed by atoms with Crippen LogP contribution in [-0.2, 0) is 69.7 Å². The Morgan fingerprint density at radius 3 is 2.01 bits per heavy atom. The van der Waals surface area contributed by atoms with E-state index in [1.807, 2.05) is 44.2 Å². The van der Waals surface area contributed by atoms with Gasteiger partial charge < -0.3 is 45.3 Å². The van der Waals surface area contributed by atoms with Crippen LogP contribution in [0.3, 0.4) is 0 Å². The number of carbonyl (C=O) groups is 10. The standard InChI is InChI=1S/C59H87N9O13S/c1-12-39(6)54(45(79-10)32-50(73)67-31-19-22-44(67)55(80-11)40(7)56(75)64-82-36-42-20-15-13-16-21-42)65(8)51(74)34-61-58(77)53(38(4)5)66(9)59(78)81-35-41-24-26-43(27-25-41)62-47(70)33-60-57(76)52(37(2)3)63-46(69)23-17-14-18-30-68-48(71)28-29-49(68)72/h13,15-16,20-21,24-29,37-40,44-45,52-55H,12,14,17-19,22-23,30-36H2,1-11H3,(H,60,76)(H,61,77)(H,62,70)(H,63,69)(H,64,75). The van der Waals surface area contributed by atoms with Crippen LogP contribution < -0.4 is 26.0 Å². The van der Waals surface area contributed by atoms with Gasteiger partial charge in [0.25, 0.3) is 11.8 Å². The zero-order chi connectivity index (χ0) is 60.6. The number of nitrogens with zero attached hydrogens (tertiary/aromatic N) is 4. The summed E-state index contributed by atoms with van der Waals surface area (Å²) in [7, 11) is 6.11. The quantitative estimate of drug-likeness (QED) is 0.0359. The van der Waals surface area contributed by atoms with E-state index >= 15 is 0 Å². The molecule has 4 rings (SSSR count). The van der Waals surface area contributed by atoms with E-state index in [4.69, 9.17) is 14.2 Å². The monoisotopic (exact) mass is 1160 g/mol. The van der Waals surface area contributed by atoms with Gasteiger partial charge in [0.1, 0.15) is 18.7 Å². The lowest BCUT2D eigenvalue weighted by Crippen LogP contribution is -2.55. The highest BCUT2D eigenvalue weighted by Crippen LogP contribution is 2.30. The molecule has 2 aromatic carbocycles. The third-order valence-corrected chi connectivity index (χ3v) is 15.9. The van der Waals surface area contributed by atoms with E-state index in [1.54, 1.807) is 77.9 Å². The van der Waals surface area contributed by atoms with Gasteiger partial charge >= 0.3 is 6.09 Å². The second-order valence-corrected chi connectivity index (χ2v) is 22.5. The Bertz CT molecular complexity index is 2500. The Morgan fingerprint density at radius 1 is 0.744 bits per heavy atom. The lowest BCUT2D eigenvalue weighted by molar-refractivity contribution is -0.145. The molecular formula is C59H87N9O13S. The number of rotatable bonds is 33. The molecule has 2 aromatic rings. The number of likely N-dealkylation sites (tertiary alicyclic amines) is 1. The molecule has 8 unspecified atom stereocenters. The van der Waals surface area contributed by atoms with Gasteiger partial charge in [-0.15, -0.1) is 0 Å². The third-order valence-electron chi connectivity index (χ3n) is 15.1. The summed E-state index contributed by atoms with van der Waals surface area (Å²) >= 11 is 1.31. The minimum Gasteiger partial charge on any atom is -0.445 e. The molecule has 2 heterocycles. The SMILES string of the molecule is CCC(C)C(C(CC(=O)N1CCCC1C(OC)C(C)C(=O)NSCc1ccccc1)OC)N(C)C(=O)CNC(=O)C(C(C)C)N(C)C(=O)OCc1ccc(NC(=O)CNC(=O)C(NC(=O)CCCCCN2C(=O)C=CC2=O)C(C)C)cc1. The van der Waals surface area contributed by atoms with Crippen LogP contribution in [0.2, 0.25) is 0 Å². The van der Waals surface area contributed by atoms with E-state index in [2.05, 4.69) is 26.0 Å². The van der Waals surface area contributed by atoms with Crippen molar-refractivity contribution in [3.63, 3.8) is 0 Å². The zero-order valence-electron chi connectivity index (χ0n) is 49.5. The van der Waals surface area contributed by atoms with Crippen molar-refractivity contribution in [3.05, 3.63) is 77.9 Å². The molecule has 8 atom stereocenters. The maximum absolute atomic E-state index is 14.2. The first-order valence-corrected chi connectivity index (χ1v) is 29.2. The number of benzene rings is 2. The molecule has 2 aliphatic heterocycles. The van der Waals surface area contributed by atoms with Gasteiger partial charge in [-0.1, -0.05) is 104 Å². The van der Waals surface area contributed by atoms with E-state index in [0.29, 0.717) is 55.7 Å². The predicted molar refractivity (Wildman–Crippen MR) is 311 cm³/mol. The molecule has 2 aliphatic rings. The summed E-state index contributed by atoms with van der Waals surface area (Å²) in [6, 6.07) is 13.5. The van der Waals surface area contributed by atoms with Crippen molar-refractivity contribution in [1.29, 1.82) is 0 Å². The number of methoxy groups -OCH3 is 2. The van der Waals surface area contributed by atoms with Crippen molar-refractivity contribution in [3.8, 4) is 0 Å². The van der Waals surface area contributed by atoms with E-state index in [-0.39, 0.29) is 85.9 Å². The zero-order valence-corrected chi connectivity index (χ0v) is 50.3. The van der Waals surface area contributed by atoms with Gasteiger partial charge in [0.2, 0.25) is 41.4 Å². The number of anilines is 1. The molecule has 82 heavy (non-hydrogen) atoms. The van der Waals surface area contributed by atoms with Crippen LogP contribution in [0.1, 0.15) is 111 Å². The maximum Gasteiger partial charge on any atom is 0.410 e. The molecule has 0 aliphatic carbocycles. The van der Waals surface area contributed by atoms with E-state index in [9.17, 15) is 47.9 Å². The summed E-state index contributed by atoms with van der Waals surface area (Å²) in [5, 5.41) is 10.7. The highest BCUT2D eigenvalue weighted by molar-refractivity contribution is 7.97. The molecule has 1 fully saturated rings. The number of unbranched alkanes of at least 4 members (excludes halogenated alkanes) is 2. The molecule has 5 N–H and O–H groups in total. The second-order valence-electron chi connectivity index (χ2n) is 21.7. The summed E-state index contributed by atoms with van der Waals surface area (Å²) in [6.07, 6.45) is 4.19. The third kappa shape index (κ3) is 20.2. The lowest BCUT2D eigenvalue weighted by Gasteiger charge is -2.39. The fourth-order valence-electron chi connectivity index (χ4n) is 10.2. The normalized spacial score (nSPS) is 16.6. The molecule has 0 saturated carbocycles. The largest absolute Gasteiger partial charge is 0.445 e. The number of ether oxygens (including phenoxy) is 3. The van der Waals surface area contributed by atoms with Crippen molar-refractivity contribution < 1.29 is 62.2 Å². The Labute approximate surface area is 487 Å². The molecular weight excluding hydrogens is 1070 g/mol. The van der Waals surface area contributed by atoms with Gasteiger partial charge in [-0.25, -0.2) is 4.79 Å². The number of imide groups is 1. The van der Waals surface area contributed by atoms with Crippen molar-refractivity contribution in [2.24, 2.45) is 23.7 Å². The molecule has 10 amide bonds. The molecule has 23 heteroatoms. The van der Waals surface area contributed by atoms with Crippen LogP contribution >= 0.6 is 11.9 Å². The van der Waals surface area contributed by atoms with Gasteiger partial charge in [0.05, 0.1) is 49.7 Å². The first-order valence-electron chi connectivity index (χ1n) is 28.3. The van der Waals surface area contributed by atoms with Gasteiger partial charge in [0, 0.05) is 71.4 Å². The minimum atomic E-state index is -1.01. The van der Waals surface area contributed by atoms with Crippen molar-refractivity contribution in [2.75, 3.05) is 59.8 Å². The van der Waals surface area contributed by atoms with Crippen LogP contribution in [0.15, 0.2) is 66.7 Å². The summed E-state index contributed by atoms with van der Waals surface area (Å²) in [4.78, 5) is 136. The Kier molecular flexibility index (Phi) is 28.0. The number of likely N-dealkylation sites (N-methyl/N-ethyl adjacent to an activating group) is 2. The topological polar surface area (TPSA) is 272 Å². The molecule has 22 nitrogen and oxygen atoms in total. The highest BCUT2D eigenvalue weighted by atomic mass is 32.2. The number of hydrogen-bond donors (Lipinski definition) is 5. The van der Waals surface area contributed by atoms with Gasteiger partial charge in [-0.05, 0) is 78.6 Å². The summed E-state index contributed by atoms with van der Waals surface area (Å²) < 4.78 is 20.4. The first kappa shape index (κ1) is 67.7. The Morgan fingerprint density at radius 2 is 1.40 bits per heavy atom. The smallest absolute Gasteiger partial charge is 0.410 e. The van der Waals surface area contributed by atoms with Crippen molar-refractivity contribution in [1.82, 2.24) is 40.3 Å². The Balaban J connectivity index is 1.23. The maximum atomic E-state index is 14.2. The van der Waals surface area contributed by atoms with Gasteiger partial charge in [-0.2, -0.15) is 0 Å². The highest BCUT2D eigenvalue weighted by Gasteiger charge is 2.42. The molecule has 0 spiro atoms. The fraction of sp³-hybridized carbons (Fsp3) is 0.593. The fourth-order valence-corrected chi connectivity index (χ4v) is 11.0. The van der Waals surface area contributed by atoms with Gasteiger partial charge in [-0.3, -0.25) is 57.7 Å². The lowest BCUT2D eigenvalue weighted by atomic mass is 9.90. The number of nitrogens with one attached hydrogen (secondary N) is 5. The first-order chi connectivity index (χ1) is 39.0. The second kappa shape index (κ2) is 33.9. The van der Waals surface area contributed by atoms with Gasteiger partial charge in [0.15, 0.2) is 0 Å². The number of hydrogen-bond acceptors (Lipinski definition) is 14. The van der Waals surface area contributed by atoms with Crippen LogP contribution in [0.25, 0.3) is 0 Å². The summed E-state index contributed by atoms with van der Waals surface area (Å²) in [5.41, 5.74) is 2.06. The number of amides is 10. The van der Waals surface area contributed by atoms with Crippen LogP contribution in [0.5, 0.6) is 0 Å². The number of carbonyl (C=O) groups excluding carboxylic acids is 10. The summed E-state index contributed by atoms with van der Waals surface area (Å²) in [5.74, 6) is -4.19. The van der Waals surface area contributed by atoms with Crippen molar-refractivity contribution >= 4 is 76.9 Å². The van der Waals surface area contributed by atoms with E-state index in [0.717, 1.165) is 16.9 Å². The molecule has 0 aromatic heterocycles. The van der Waals surface area contributed by atoms with Crippen LogP contribution in [0, 0.1) is 23.7 Å². The molecule has 452 valence electrons. The average Bonchev–Trinajstić information content (AvgIpc) is 4.16. The van der Waals surface area contributed by atoms with E-state index < -0.39 is 72.5 Å². The van der Waals surface area contributed by atoms with Crippen molar-refractivity contribution in [2.45, 2.75) is 149 Å². The Hall–Kier alpha value is -6.85.